The molecule has 2 heterocycles. The van der Waals surface area contributed by atoms with Crippen LogP contribution in [0.4, 0.5) is 0 Å². The summed E-state index contributed by atoms with van der Waals surface area (Å²) in [5.74, 6) is 0.688. The van der Waals surface area contributed by atoms with Crippen LogP contribution in [0, 0.1) is 18.3 Å². The summed E-state index contributed by atoms with van der Waals surface area (Å²) in [6.45, 7) is 6.00. The van der Waals surface area contributed by atoms with Crippen LogP contribution in [0.2, 0.25) is 5.02 Å². The lowest BCUT2D eigenvalue weighted by atomic mass is 10.2. The molecule has 0 atom stereocenters. The molecular weight excluding hydrogens is 236 g/mol. The molecular formula is C13H13ClN2O. The number of furan rings is 1. The molecule has 0 bridgehead atoms. The van der Waals surface area contributed by atoms with Gasteiger partial charge < -0.3 is 8.98 Å². The van der Waals surface area contributed by atoms with Crippen molar-refractivity contribution < 1.29 is 4.42 Å². The largest absolute Gasteiger partial charge is 0.463 e. The fourth-order valence-corrected chi connectivity index (χ4v) is 2.45. The highest BCUT2D eigenvalue weighted by Crippen LogP contribution is 2.37. The summed E-state index contributed by atoms with van der Waals surface area (Å²) in [4.78, 5) is 0. The molecule has 0 amide bonds. The van der Waals surface area contributed by atoms with E-state index in [1.807, 2.05) is 23.6 Å². The van der Waals surface area contributed by atoms with Gasteiger partial charge in [-0.2, -0.15) is 5.26 Å². The number of rotatable bonds is 2. The minimum atomic E-state index is 0.217. The topological polar surface area (TPSA) is 41.9 Å². The Hall–Kier alpha value is -1.66. The van der Waals surface area contributed by atoms with Crippen molar-refractivity contribution in [2.75, 3.05) is 0 Å². The number of hydrogen-bond acceptors (Lipinski definition) is 2. The van der Waals surface area contributed by atoms with Crippen molar-refractivity contribution in [2.24, 2.45) is 0 Å². The summed E-state index contributed by atoms with van der Waals surface area (Å²) in [5.41, 5.74) is 2.17. The van der Waals surface area contributed by atoms with E-state index in [2.05, 4.69) is 19.9 Å². The maximum absolute atomic E-state index is 9.14. The summed E-state index contributed by atoms with van der Waals surface area (Å²) < 4.78 is 7.42. The first-order valence-electron chi connectivity index (χ1n) is 5.42. The molecule has 88 valence electrons. The highest BCUT2D eigenvalue weighted by atomic mass is 35.5. The van der Waals surface area contributed by atoms with Crippen LogP contribution in [-0.2, 0) is 0 Å². The van der Waals surface area contributed by atoms with E-state index in [1.54, 1.807) is 6.26 Å². The van der Waals surface area contributed by atoms with Crippen LogP contribution in [0.5, 0.6) is 0 Å². The molecule has 0 aromatic carbocycles. The Kier molecular flexibility index (Phi) is 2.99. The second-order valence-electron chi connectivity index (χ2n) is 4.18. The van der Waals surface area contributed by atoms with Crippen molar-refractivity contribution in [2.45, 2.75) is 26.8 Å². The average Bonchev–Trinajstić information content (AvgIpc) is 2.84. The van der Waals surface area contributed by atoms with E-state index in [9.17, 15) is 0 Å². The van der Waals surface area contributed by atoms with Gasteiger partial charge in [0.05, 0.1) is 16.8 Å². The maximum atomic E-state index is 9.14. The second-order valence-corrected chi connectivity index (χ2v) is 4.55. The zero-order valence-corrected chi connectivity index (χ0v) is 10.7. The van der Waals surface area contributed by atoms with Crippen LogP contribution >= 0.6 is 11.6 Å². The lowest BCUT2D eigenvalue weighted by Gasteiger charge is -2.14. The fourth-order valence-electron chi connectivity index (χ4n) is 2.09. The van der Waals surface area contributed by atoms with Crippen LogP contribution < -0.4 is 0 Å². The standard InChI is InChI=1S/C13H13ClN2O/c1-8(2)16-9(3)10(7-15)12(14)13(16)11-5-4-6-17-11/h4-6,8H,1-3H3. The Morgan fingerprint density at radius 3 is 2.65 bits per heavy atom. The van der Waals surface area contributed by atoms with E-state index in [0.29, 0.717) is 16.3 Å². The predicted octanol–water partition coefficient (Wildman–Crippen LogP) is 4.16. The van der Waals surface area contributed by atoms with Gasteiger partial charge >= 0.3 is 0 Å². The molecule has 0 unspecified atom stereocenters. The van der Waals surface area contributed by atoms with E-state index in [4.69, 9.17) is 21.3 Å². The number of nitriles is 1. The molecule has 2 aromatic heterocycles. The van der Waals surface area contributed by atoms with Crippen LogP contribution in [0.3, 0.4) is 0 Å². The van der Waals surface area contributed by atoms with Gasteiger partial charge in [0.2, 0.25) is 0 Å². The third-order valence-electron chi connectivity index (χ3n) is 2.77. The van der Waals surface area contributed by atoms with Crippen molar-refractivity contribution in [3.63, 3.8) is 0 Å². The predicted molar refractivity (Wildman–Crippen MR) is 67.0 cm³/mol. The smallest absolute Gasteiger partial charge is 0.151 e. The number of nitrogens with zero attached hydrogens (tertiary/aromatic N) is 2. The van der Waals surface area contributed by atoms with E-state index in [1.165, 1.54) is 0 Å². The number of halogens is 1. The van der Waals surface area contributed by atoms with Crippen molar-refractivity contribution in [3.05, 3.63) is 34.7 Å². The first-order chi connectivity index (χ1) is 8.07. The molecule has 2 rings (SSSR count). The quantitative estimate of drug-likeness (QED) is 0.801. The van der Waals surface area contributed by atoms with Gasteiger partial charge in [0.25, 0.3) is 0 Å². The monoisotopic (exact) mass is 248 g/mol. The molecule has 3 nitrogen and oxygen atoms in total. The minimum absolute atomic E-state index is 0.217. The molecule has 0 saturated carbocycles. The summed E-state index contributed by atoms with van der Waals surface area (Å²) in [6.07, 6.45) is 1.60. The zero-order chi connectivity index (χ0) is 12.6. The van der Waals surface area contributed by atoms with Gasteiger partial charge in [-0.15, -0.1) is 0 Å². The Morgan fingerprint density at radius 2 is 2.18 bits per heavy atom. The van der Waals surface area contributed by atoms with Gasteiger partial charge in [-0.05, 0) is 32.9 Å². The van der Waals surface area contributed by atoms with Gasteiger partial charge in [-0.25, -0.2) is 0 Å². The lowest BCUT2D eigenvalue weighted by Crippen LogP contribution is -2.04. The van der Waals surface area contributed by atoms with Gasteiger partial charge in [-0.1, -0.05) is 11.6 Å². The Balaban J connectivity index is 2.79. The van der Waals surface area contributed by atoms with E-state index in [-0.39, 0.29) is 6.04 Å². The molecule has 17 heavy (non-hydrogen) atoms. The highest BCUT2D eigenvalue weighted by Gasteiger charge is 2.23. The summed E-state index contributed by atoms with van der Waals surface area (Å²) in [7, 11) is 0. The van der Waals surface area contributed by atoms with E-state index in [0.717, 1.165) is 11.4 Å². The molecule has 0 spiro atoms. The molecule has 0 aliphatic heterocycles. The number of hydrogen-bond donors (Lipinski definition) is 0. The Bertz CT molecular complexity index is 574. The lowest BCUT2D eigenvalue weighted by molar-refractivity contribution is 0.550. The number of aromatic nitrogens is 1. The molecule has 0 fully saturated rings. The zero-order valence-electron chi connectivity index (χ0n) is 9.99. The Labute approximate surface area is 105 Å². The fraction of sp³-hybridized carbons (Fsp3) is 0.308. The summed E-state index contributed by atoms with van der Waals surface area (Å²) >= 11 is 6.27. The molecule has 2 aromatic rings. The van der Waals surface area contributed by atoms with Crippen LogP contribution in [0.1, 0.15) is 31.1 Å². The minimum Gasteiger partial charge on any atom is -0.463 e. The van der Waals surface area contributed by atoms with Crippen LogP contribution in [0.25, 0.3) is 11.5 Å². The summed E-state index contributed by atoms with van der Waals surface area (Å²) in [5, 5.41) is 9.60. The Morgan fingerprint density at radius 1 is 1.47 bits per heavy atom. The SMILES string of the molecule is Cc1c(C#N)c(Cl)c(-c2ccco2)n1C(C)C. The van der Waals surface area contributed by atoms with E-state index >= 15 is 0 Å². The average molecular weight is 249 g/mol. The summed E-state index contributed by atoms with van der Waals surface area (Å²) in [6, 6.07) is 6.02. The van der Waals surface area contributed by atoms with Crippen molar-refractivity contribution in [3.8, 4) is 17.5 Å². The first-order valence-corrected chi connectivity index (χ1v) is 5.80. The first kappa shape index (κ1) is 11.8. The molecule has 0 saturated heterocycles. The van der Waals surface area contributed by atoms with Crippen molar-refractivity contribution in [1.82, 2.24) is 4.57 Å². The molecule has 0 aliphatic carbocycles. The molecule has 0 aliphatic rings. The van der Waals surface area contributed by atoms with Gasteiger partial charge in [0.15, 0.2) is 5.76 Å². The maximum Gasteiger partial charge on any atom is 0.151 e. The third-order valence-corrected chi connectivity index (χ3v) is 3.14. The third kappa shape index (κ3) is 1.75. The van der Waals surface area contributed by atoms with Crippen LogP contribution in [-0.4, -0.2) is 4.57 Å². The van der Waals surface area contributed by atoms with Crippen molar-refractivity contribution >= 4 is 11.6 Å². The molecule has 4 heteroatoms. The van der Waals surface area contributed by atoms with Gasteiger partial charge in [0, 0.05) is 11.7 Å². The molecule has 0 N–H and O–H groups in total. The normalized spacial score (nSPS) is 10.8. The second kappa shape index (κ2) is 4.31. The highest BCUT2D eigenvalue weighted by molar-refractivity contribution is 6.34. The van der Waals surface area contributed by atoms with E-state index < -0.39 is 0 Å². The van der Waals surface area contributed by atoms with Crippen molar-refractivity contribution in [1.29, 1.82) is 5.26 Å². The van der Waals surface area contributed by atoms with Gasteiger partial charge in [-0.3, -0.25) is 0 Å². The molecule has 0 radical (unpaired) electrons. The van der Waals surface area contributed by atoms with Crippen LogP contribution in [0.15, 0.2) is 22.8 Å². The van der Waals surface area contributed by atoms with Gasteiger partial charge in [0.1, 0.15) is 11.8 Å².